The number of benzene rings is 1. The lowest BCUT2D eigenvalue weighted by Crippen LogP contribution is -2.52. The summed E-state index contributed by atoms with van der Waals surface area (Å²) in [6.07, 6.45) is -3.86. The number of alkyl halides is 3. The number of likely N-dealkylation sites (tertiary alicyclic amines) is 1. The minimum absolute atomic E-state index is 0.0156. The molecular weight excluding hydrogens is 589 g/mol. The molecule has 14 nitrogen and oxygen atoms in total. The Hall–Kier alpha value is -4.41. The van der Waals surface area contributed by atoms with Crippen molar-refractivity contribution in [1.82, 2.24) is 26.2 Å². The van der Waals surface area contributed by atoms with Gasteiger partial charge in [-0.15, -0.1) is 0 Å². The summed E-state index contributed by atoms with van der Waals surface area (Å²) in [6, 6.07) is 3.01. The molecule has 0 aromatic heterocycles. The molecule has 1 aliphatic heterocycles. The Morgan fingerprint density at radius 2 is 1.73 bits per heavy atom. The molecule has 17 heteroatoms. The first kappa shape index (κ1) is 35.8. The van der Waals surface area contributed by atoms with E-state index < -0.39 is 66.8 Å². The number of rotatable bonds is 17. The van der Waals surface area contributed by atoms with Crippen LogP contribution in [0.4, 0.5) is 23.7 Å². The predicted octanol–water partition coefficient (Wildman–Crippen LogP) is -0.171. The normalized spacial score (nSPS) is 17.5. The van der Waals surface area contributed by atoms with Crippen molar-refractivity contribution in [2.24, 2.45) is 17.4 Å². The van der Waals surface area contributed by atoms with E-state index in [0.29, 0.717) is 25.1 Å². The highest BCUT2D eigenvalue weighted by molar-refractivity contribution is 5.97. The van der Waals surface area contributed by atoms with Crippen molar-refractivity contribution >= 4 is 41.8 Å². The lowest BCUT2D eigenvalue weighted by molar-refractivity contribution is -0.195. The van der Waals surface area contributed by atoms with Gasteiger partial charge in [0, 0.05) is 31.1 Å². The average molecular weight is 629 g/mol. The maximum absolute atomic E-state index is 13.5. The van der Waals surface area contributed by atoms with Crippen LogP contribution in [0.1, 0.15) is 44.1 Å². The number of hydrogen-bond acceptors (Lipinski definition) is 7. The molecule has 1 heterocycles. The molecule has 44 heavy (non-hydrogen) atoms. The highest BCUT2D eigenvalue weighted by Crippen LogP contribution is 2.34. The van der Waals surface area contributed by atoms with E-state index in [1.165, 1.54) is 4.90 Å². The zero-order valence-corrected chi connectivity index (χ0v) is 24.1. The predicted molar refractivity (Wildman–Crippen MR) is 152 cm³/mol. The number of anilines is 1. The Balaban J connectivity index is 1.86. The minimum atomic E-state index is -4.55. The van der Waals surface area contributed by atoms with E-state index >= 15 is 0 Å². The monoisotopic (exact) mass is 628 g/mol. The Bertz CT molecular complexity index is 1150. The number of nitrogens with one attached hydrogen (secondary N) is 5. The summed E-state index contributed by atoms with van der Waals surface area (Å²) in [4.78, 5) is 71.7. The molecule has 3 unspecified atom stereocenters. The van der Waals surface area contributed by atoms with E-state index in [4.69, 9.17) is 11.5 Å². The minimum Gasteiger partial charge on any atom is -0.369 e. The standard InChI is InChI=1S/C27H39F3N8O6/c28-27(29,30)21-13-18(24(31)42)9-12-38(21)11-2-4-22(40)35-15-23(41)37-20(3-1-10-34-26(32)44)25(43)36-19-7-5-17(6-8-19)14-33-16-39/h5-8,16,18,20-21H,1-4,9-15H2,(H2,31,42)(H,33,39)(H,35,40)(H,36,43)(H,37,41)(H3,32,34,44). The first-order chi connectivity index (χ1) is 20.8. The van der Waals surface area contributed by atoms with E-state index in [1.807, 2.05) is 0 Å². The van der Waals surface area contributed by atoms with Crippen molar-refractivity contribution < 1.29 is 41.9 Å². The van der Waals surface area contributed by atoms with Crippen LogP contribution in [0, 0.1) is 5.92 Å². The van der Waals surface area contributed by atoms with Crippen molar-refractivity contribution in [3.63, 3.8) is 0 Å². The van der Waals surface area contributed by atoms with Crippen molar-refractivity contribution in [2.45, 2.75) is 63.3 Å². The number of hydrogen-bond donors (Lipinski definition) is 7. The number of carbonyl (C=O) groups is 6. The van der Waals surface area contributed by atoms with Gasteiger partial charge in [-0.25, -0.2) is 4.79 Å². The van der Waals surface area contributed by atoms with Gasteiger partial charge in [-0.3, -0.25) is 28.9 Å². The molecule has 3 atom stereocenters. The fraction of sp³-hybridized carbons (Fsp3) is 0.556. The molecule has 0 saturated carbocycles. The van der Waals surface area contributed by atoms with Gasteiger partial charge in [0.1, 0.15) is 12.1 Å². The second-order valence-corrected chi connectivity index (χ2v) is 10.3. The number of nitrogens with zero attached hydrogens (tertiary/aromatic N) is 1. The Labute approximate surface area is 252 Å². The number of primary amides is 2. The summed E-state index contributed by atoms with van der Waals surface area (Å²) in [5, 5.41) is 12.5. The summed E-state index contributed by atoms with van der Waals surface area (Å²) < 4.78 is 40.5. The van der Waals surface area contributed by atoms with Gasteiger partial charge in [0.25, 0.3) is 0 Å². The first-order valence-corrected chi connectivity index (χ1v) is 14.1. The van der Waals surface area contributed by atoms with Crippen molar-refractivity contribution in [1.29, 1.82) is 0 Å². The number of nitrogens with two attached hydrogens (primary N) is 2. The van der Waals surface area contributed by atoms with E-state index in [9.17, 15) is 41.9 Å². The quantitative estimate of drug-likeness (QED) is 0.0912. The highest BCUT2D eigenvalue weighted by atomic mass is 19.4. The molecule has 1 saturated heterocycles. The highest BCUT2D eigenvalue weighted by Gasteiger charge is 2.47. The Morgan fingerprint density at radius 3 is 2.34 bits per heavy atom. The van der Waals surface area contributed by atoms with Gasteiger partial charge in [-0.1, -0.05) is 12.1 Å². The van der Waals surface area contributed by atoms with E-state index in [-0.39, 0.29) is 45.3 Å². The van der Waals surface area contributed by atoms with Crippen LogP contribution in [-0.2, 0) is 30.5 Å². The molecule has 9 N–H and O–H groups in total. The van der Waals surface area contributed by atoms with Gasteiger partial charge >= 0.3 is 12.2 Å². The van der Waals surface area contributed by atoms with Crippen LogP contribution in [-0.4, -0.2) is 85.4 Å². The van der Waals surface area contributed by atoms with Gasteiger partial charge in [0.2, 0.25) is 30.0 Å². The molecule has 244 valence electrons. The molecule has 1 aliphatic rings. The molecule has 2 rings (SSSR count). The summed E-state index contributed by atoms with van der Waals surface area (Å²) in [5.41, 5.74) is 11.5. The fourth-order valence-electron chi connectivity index (χ4n) is 4.72. The number of piperidine rings is 1. The van der Waals surface area contributed by atoms with Gasteiger partial charge < -0.3 is 38.1 Å². The maximum Gasteiger partial charge on any atom is 0.404 e. The summed E-state index contributed by atoms with van der Waals surface area (Å²) >= 11 is 0. The second-order valence-electron chi connectivity index (χ2n) is 10.3. The molecule has 1 fully saturated rings. The van der Waals surface area contributed by atoms with Crippen LogP contribution < -0.4 is 38.1 Å². The van der Waals surface area contributed by atoms with Gasteiger partial charge in [0.15, 0.2) is 0 Å². The lowest BCUT2D eigenvalue weighted by atomic mass is 9.89. The van der Waals surface area contributed by atoms with Gasteiger partial charge in [-0.05, 0) is 62.9 Å². The van der Waals surface area contributed by atoms with E-state index in [2.05, 4.69) is 26.6 Å². The van der Waals surface area contributed by atoms with Crippen LogP contribution in [0.25, 0.3) is 0 Å². The van der Waals surface area contributed by atoms with Gasteiger partial charge in [-0.2, -0.15) is 13.2 Å². The molecule has 0 spiro atoms. The first-order valence-electron chi connectivity index (χ1n) is 14.1. The van der Waals surface area contributed by atoms with E-state index in [0.717, 1.165) is 5.56 Å². The molecule has 7 amide bonds. The third kappa shape index (κ3) is 12.8. The third-order valence-corrected chi connectivity index (χ3v) is 7.02. The van der Waals surface area contributed by atoms with Gasteiger partial charge in [0.05, 0.1) is 6.54 Å². The number of urea groups is 1. The Kier molecular flexibility index (Phi) is 14.4. The zero-order chi connectivity index (χ0) is 32.7. The molecule has 1 aromatic carbocycles. The molecule has 0 aliphatic carbocycles. The van der Waals surface area contributed by atoms with E-state index in [1.54, 1.807) is 24.3 Å². The molecule has 1 aromatic rings. The molecule has 0 bridgehead atoms. The zero-order valence-electron chi connectivity index (χ0n) is 24.1. The maximum atomic E-state index is 13.5. The smallest absolute Gasteiger partial charge is 0.369 e. The van der Waals surface area contributed by atoms with Crippen LogP contribution in [0.2, 0.25) is 0 Å². The number of halogens is 3. The number of carbonyl (C=O) groups excluding carboxylic acids is 6. The summed E-state index contributed by atoms with van der Waals surface area (Å²) in [5.74, 6) is -3.42. The van der Waals surface area contributed by atoms with Crippen LogP contribution in [0.15, 0.2) is 24.3 Å². The third-order valence-electron chi connectivity index (χ3n) is 7.02. The van der Waals surface area contributed by atoms with Crippen molar-refractivity contribution in [2.75, 3.05) is 31.5 Å². The SMILES string of the molecule is NC(=O)NCCCC(NC(=O)CNC(=O)CCCN1CCC(C(N)=O)CC1C(F)(F)F)C(=O)Nc1ccc(CNC=O)cc1. The second kappa shape index (κ2) is 17.6. The number of amides is 7. The summed E-state index contributed by atoms with van der Waals surface area (Å²) in [7, 11) is 0. The topological polar surface area (TPSA) is 218 Å². The fourth-order valence-corrected chi connectivity index (χ4v) is 4.72. The summed E-state index contributed by atoms with van der Waals surface area (Å²) in [6.45, 7) is -0.0405. The lowest BCUT2D eigenvalue weighted by Gasteiger charge is -2.39. The molecule has 0 radical (unpaired) electrons. The largest absolute Gasteiger partial charge is 0.404 e. The molecular formula is C27H39F3N8O6. The van der Waals surface area contributed by atoms with Crippen LogP contribution in [0.5, 0.6) is 0 Å². The van der Waals surface area contributed by atoms with Crippen LogP contribution >= 0.6 is 0 Å². The van der Waals surface area contributed by atoms with Crippen molar-refractivity contribution in [3.05, 3.63) is 29.8 Å². The average Bonchev–Trinajstić information content (AvgIpc) is 2.96. The van der Waals surface area contributed by atoms with Crippen molar-refractivity contribution in [3.8, 4) is 0 Å². The van der Waals surface area contributed by atoms with Crippen LogP contribution in [0.3, 0.4) is 0 Å². The Morgan fingerprint density at radius 1 is 1.02 bits per heavy atom.